The normalized spacial score (nSPS) is 18.2. The summed E-state index contributed by atoms with van der Waals surface area (Å²) in [6.07, 6.45) is -0.444. The van der Waals surface area contributed by atoms with Crippen molar-refractivity contribution in [3.63, 3.8) is 0 Å². The second kappa shape index (κ2) is 6.01. The lowest BCUT2D eigenvalue weighted by Crippen LogP contribution is -2.57. The van der Waals surface area contributed by atoms with Gasteiger partial charge >= 0.3 is 5.97 Å². The Morgan fingerprint density at radius 1 is 1.48 bits per heavy atom. The Morgan fingerprint density at radius 3 is 2.81 bits per heavy atom. The average molecular weight is 312 g/mol. The van der Waals surface area contributed by atoms with Gasteiger partial charge in [-0.15, -0.1) is 0 Å². The molecular weight excluding hydrogens is 298 g/mol. The number of carboxylic acid groups (broad SMARTS) is 1. The van der Waals surface area contributed by atoms with Gasteiger partial charge in [0.1, 0.15) is 6.04 Å². The number of nitrogen functional groups attached to an aromatic ring is 1. The Balaban J connectivity index is 2.27. The standard InChI is InChI=1S/C13H14ClN3O4/c14-8-5-7(1-2-9(8)15)13(21)17-4-3-16-12(20)10(17)6-11(18)19/h1-2,5,10H,3-4,6,15H2,(H,16,20)(H,18,19). The molecular formula is C13H14ClN3O4. The molecule has 0 bridgehead atoms. The van der Waals surface area contributed by atoms with Crippen LogP contribution >= 0.6 is 11.6 Å². The summed E-state index contributed by atoms with van der Waals surface area (Å²) >= 11 is 5.88. The molecule has 0 aliphatic carbocycles. The summed E-state index contributed by atoms with van der Waals surface area (Å²) < 4.78 is 0. The van der Waals surface area contributed by atoms with Crippen molar-refractivity contribution in [1.29, 1.82) is 0 Å². The maximum atomic E-state index is 12.5. The lowest BCUT2D eigenvalue weighted by Gasteiger charge is -2.34. The Labute approximate surface area is 125 Å². The number of amides is 2. The van der Waals surface area contributed by atoms with Gasteiger partial charge in [-0.25, -0.2) is 0 Å². The van der Waals surface area contributed by atoms with Gasteiger partial charge < -0.3 is 21.1 Å². The summed E-state index contributed by atoms with van der Waals surface area (Å²) in [5, 5.41) is 11.7. The molecule has 1 fully saturated rings. The number of rotatable bonds is 3. The van der Waals surface area contributed by atoms with Gasteiger partial charge in [-0.3, -0.25) is 14.4 Å². The zero-order chi connectivity index (χ0) is 15.6. The molecule has 1 atom stereocenters. The second-order valence-electron chi connectivity index (χ2n) is 4.64. The number of carbonyl (C=O) groups is 3. The maximum Gasteiger partial charge on any atom is 0.305 e. The van der Waals surface area contributed by atoms with Crippen LogP contribution in [-0.4, -0.2) is 46.9 Å². The molecule has 0 radical (unpaired) electrons. The fourth-order valence-electron chi connectivity index (χ4n) is 2.15. The van der Waals surface area contributed by atoms with Gasteiger partial charge in [0.25, 0.3) is 5.91 Å². The molecule has 1 saturated heterocycles. The van der Waals surface area contributed by atoms with Gasteiger partial charge in [0.15, 0.2) is 0 Å². The third-order valence-corrected chi connectivity index (χ3v) is 3.53. The number of nitrogens with two attached hydrogens (primary N) is 1. The third-order valence-electron chi connectivity index (χ3n) is 3.21. The van der Waals surface area contributed by atoms with Crippen LogP contribution in [0.25, 0.3) is 0 Å². The number of piperazine rings is 1. The minimum absolute atomic E-state index is 0.233. The number of aliphatic carboxylic acids is 1. The van der Waals surface area contributed by atoms with Crippen molar-refractivity contribution < 1.29 is 19.5 Å². The van der Waals surface area contributed by atoms with Crippen molar-refractivity contribution in [3.05, 3.63) is 28.8 Å². The first-order valence-electron chi connectivity index (χ1n) is 6.25. The molecule has 1 aromatic rings. The Morgan fingerprint density at radius 2 is 2.19 bits per heavy atom. The number of hydrogen-bond donors (Lipinski definition) is 3. The summed E-state index contributed by atoms with van der Waals surface area (Å²) in [4.78, 5) is 36.3. The first-order valence-corrected chi connectivity index (χ1v) is 6.63. The molecule has 1 aliphatic heterocycles. The molecule has 21 heavy (non-hydrogen) atoms. The topological polar surface area (TPSA) is 113 Å². The Bertz CT molecular complexity index is 605. The highest BCUT2D eigenvalue weighted by molar-refractivity contribution is 6.33. The first-order chi connectivity index (χ1) is 9.90. The molecule has 1 aromatic carbocycles. The lowest BCUT2D eigenvalue weighted by atomic mass is 10.1. The number of nitrogens with one attached hydrogen (secondary N) is 1. The van der Waals surface area contributed by atoms with Crippen LogP contribution in [0.3, 0.4) is 0 Å². The predicted octanol–water partition coefficient (Wildman–Crippen LogP) is 0.338. The summed E-state index contributed by atoms with van der Waals surface area (Å²) in [7, 11) is 0. The van der Waals surface area contributed by atoms with E-state index < -0.39 is 30.2 Å². The van der Waals surface area contributed by atoms with Gasteiger partial charge in [-0.1, -0.05) is 11.6 Å². The van der Waals surface area contributed by atoms with Gasteiger partial charge in [-0.05, 0) is 18.2 Å². The van der Waals surface area contributed by atoms with Crippen LogP contribution in [0, 0.1) is 0 Å². The molecule has 0 aromatic heterocycles. The van der Waals surface area contributed by atoms with Crippen LogP contribution in [-0.2, 0) is 9.59 Å². The molecule has 2 amide bonds. The van der Waals surface area contributed by atoms with Gasteiger partial charge in [-0.2, -0.15) is 0 Å². The minimum Gasteiger partial charge on any atom is -0.481 e. The highest BCUT2D eigenvalue weighted by Gasteiger charge is 2.35. The third kappa shape index (κ3) is 3.25. The Hall–Kier alpha value is -2.28. The van der Waals surface area contributed by atoms with E-state index in [9.17, 15) is 14.4 Å². The number of carbonyl (C=O) groups excluding carboxylic acids is 2. The van der Waals surface area contributed by atoms with E-state index in [2.05, 4.69) is 5.32 Å². The van der Waals surface area contributed by atoms with Gasteiger partial charge in [0, 0.05) is 18.7 Å². The molecule has 1 aliphatic rings. The van der Waals surface area contributed by atoms with E-state index in [-0.39, 0.29) is 23.7 Å². The monoisotopic (exact) mass is 311 g/mol. The highest BCUT2D eigenvalue weighted by Crippen LogP contribution is 2.22. The molecule has 1 heterocycles. The minimum atomic E-state index is -1.15. The predicted molar refractivity (Wildman–Crippen MR) is 76.0 cm³/mol. The first kappa shape index (κ1) is 15.1. The molecule has 2 rings (SSSR count). The van der Waals surface area contributed by atoms with Crippen molar-refractivity contribution in [2.45, 2.75) is 12.5 Å². The number of benzene rings is 1. The number of hydrogen-bond acceptors (Lipinski definition) is 4. The fraction of sp³-hybridized carbons (Fsp3) is 0.308. The fourth-order valence-corrected chi connectivity index (χ4v) is 2.33. The van der Waals surface area contributed by atoms with Crippen LogP contribution in [0.5, 0.6) is 0 Å². The van der Waals surface area contributed by atoms with Crippen molar-refractivity contribution in [2.24, 2.45) is 0 Å². The number of carboxylic acids is 1. The van der Waals surface area contributed by atoms with E-state index in [0.29, 0.717) is 5.69 Å². The second-order valence-corrected chi connectivity index (χ2v) is 5.05. The maximum absolute atomic E-state index is 12.5. The zero-order valence-corrected chi connectivity index (χ0v) is 11.8. The van der Waals surface area contributed by atoms with Gasteiger partial charge in [0.2, 0.25) is 5.91 Å². The summed E-state index contributed by atoms with van der Waals surface area (Å²) in [5.74, 6) is -2.07. The molecule has 0 saturated carbocycles. The van der Waals surface area contributed by atoms with Crippen LogP contribution in [0.2, 0.25) is 5.02 Å². The summed E-state index contributed by atoms with van der Waals surface area (Å²) in [5.41, 5.74) is 6.19. The van der Waals surface area contributed by atoms with Crippen LogP contribution in [0.15, 0.2) is 18.2 Å². The molecule has 7 nitrogen and oxygen atoms in total. The van der Waals surface area contributed by atoms with E-state index in [0.717, 1.165) is 0 Å². The van der Waals surface area contributed by atoms with E-state index in [1.165, 1.54) is 23.1 Å². The van der Waals surface area contributed by atoms with Crippen molar-refractivity contribution in [3.8, 4) is 0 Å². The lowest BCUT2D eigenvalue weighted by molar-refractivity contribution is -0.142. The number of halogens is 1. The van der Waals surface area contributed by atoms with Crippen molar-refractivity contribution in [2.75, 3.05) is 18.8 Å². The van der Waals surface area contributed by atoms with Crippen molar-refractivity contribution in [1.82, 2.24) is 10.2 Å². The summed E-state index contributed by atoms with van der Waals surface area (Å²) in [6, 6.07) is 3.36. The van der Waals surface area contributed by atoms with E-state index in [1.54, 1.807) is 0 Å². The summed E-state index contributed by atoms with van der Waals surface area (Å²) in [6.45, 7) is 0.522. The zero-order valence-electron chi connectivity index (χ0n) is 11.0. The Kier molecular flexibility index (Phi) is 4.32. The van der Waals surface area contributed by atoms with E-state index in [4.69, 9.17) is 22.4 Å². The van der Waals surface area contributed by atoms with Gasteiger partial charge in [0.05, 0.1) is 17.1 Å². The SMILES string of the molecule is Nc1ccc(C(=O)N2CCNC(=O)C2CC(=O)O)cc1Cl. The average Bonchev–Trinajstić information content (AvgIpc) is 2.43. The van der Waals surface area contributed by atoms with Crippen molar-refractivity contribution >= 4 is 35.1 Å². The quantitative estimate of drug-likeness (QED) is 0.697. The molecule has 1 unspecified atom stereocenters. The molecule has 112 valence electrons. The highest BCUT2D eigenvalue weighted by atomic mass is 35.5. The molecule has 8 heteroatoms. The van der Waals surface area contributed by atoms with E-state index in [1.807, 2.05) is 0 Å². The number of anilines is 1. The molecule has 4 N–H and O–H groups in total. The van der Waals surface area contributed by atoms with Crippen LogP contribution in [0.4, 0.5) is 5.69 Å². The largest absolute Gasteiger partial charge is 0.481 e. The van der Waals surface area contributed by atoms with E-state index >= 15 is 0 Å². The molecule has 0 spiro atoms. The van der Waals surface area contributed by atoms with Crippen LogP contribution < -0.4 is 11.1 Å². The smallest absolute Gasteiger partial charge is 0.305 e. The van der Waals surface area contributed by atoms with Crippen LogP contribution in [0.1, 0.15) is 16.8 Å². The number of nitrogens with zero attached hydrogens (tertiary/aromatic N) is 1.